The SMILES string of the molecule is COC(=O)c1ccc2c(=O)n(CC(=O)NCCc3ccccc3)c(=S)[nH]c2c1. The van der Waals surface area contributed by atoms with E-state index in [4.69, 9.17) is 12.2 Å². The number of rotatable bonds is 6. The first-order valence-electron chi connectivity index (χ1n) is 8.65. The van der Waals surface area contributed by atoms with E-state index in [1.165, 1.54) is 29.9 Å². The summed E-state index contributed by atoms with van der Waals surface area (Å²) in [5, 5.41) is 3.13. The Labute approximate surface area is 166 Å². The number of nitrogens with zero attached hydrogens (tertiary/aromatic N) is 1. The lowest BCUT2D eigenvalue weighted by atomic mass is 10.1. The van der Waals surface area contributed by atoms with Gasteiger partial charge in [0.1, 0.15) is 6.54 Å². The molecule has 3 rings (SSSR count). The Hall–Kier alpha value is -3.26. The Kier molecular flexibility index (Phi) is 6.00. The van der Waals surface area contributed by atoms with Crippen LogP contribution < -0.4 is 10.9 Å². The van der Waals surface area contributed by atoms with Gasteiger partial charge in [0.25, 0.3) is 5.56 Å². The van der Waals surface area contributed by atoms with Gasteiger partial charge in [-0.2, -0.15) is 0 Å². The molecule has 0 atom stereocenters. The minimum atomic E-state index is -0.511. The van der Waals surface area contributed by atoms with E-state index in [2.05, 4.69) is 15.0 Å². The average molecular weight is 397 g/mol. The van der Waals surface area contributed by atoms with Crippen molar-refractivity contribution in [3.63, 3.8) is 0 Å². The number of amides is 1. The van der Waals surface area contributed by atoms with Crippen molar-refractivity contribution in [3.8, 4) is 0 Å². The average Bonchev–Trinajstić information content (AvgIpc) is 2.71. The van der Waals surface area contributed by atoms with Gasteiger partial charge in [0.15, 0.2) is 4.77 Å². The number of fused-ring (bicyclic) bond motifs is 1. The number of ether oxygens (including phenoxy) is 1. The van der Waals surface area contributed by atoms with Crippen molar-refractivity contribution in [2.24, 2.45) is 0 Å². The van der Waals surface area contributed by atoms with Crippen molar-refractivity contribution in [1.29, 1.82) is 0 Å². The number of benzene rings is 2. The van der Waals surface area contributed by atoms with Gasteiger partial charge in [0.05, 0.1) is 23.6 Å². The Morgan fingerprint density at radius 3 is 2.64 bits per heavy atom. The van der Waals surface area contributed by atoms with Gasteiger partial charge in [0.2, 0.25) is 5.91 Å². The van der Waals surface area contributed by atoms with E-state index in [1.54, 1.807) is 0 Å². The standard InChI is InChI=1S/C20H19N3O4S/c1-27-19(26)14-7-8-15-16(11-14)22-20(28)23(18(15)25)12-17(24)21-10-9-13-5-3-2-4-6-13/h2-8,11H,9-10,12H2,1H3,(H,21,24)(H,22,28). The van der Waals surface area contributed by atoms with E-state index in [1.807, 2.05) is 30.3 Å². The van der Waals surface area contributed by atoms with Crippen molar-refractivity contribution in [2.45, 2.75) is 13.0 Å². The first-order valence-corrected chi connectivity index (χ1v) is 9.06. The van der Waals surface area contributed by atoms with E-state index in [0.717, 1.165) is 5.56 Å². The van der Waals surface area contributed by atoms with Gasteiger partial charge in [-0.3, -0.25) is 14.2 Å². The molecule has 0 bridgehead atoms. The number of hydrogen-bond acceptors (Lipinski definition) is 5. The van der Waals surface area contributed by atoms with E-state index >= 15 is 0 Å². The first-order chi connectivity index (χ1) is 13.5. The lowest BCUT2D eigenvalue weighted by Crippen LogP contribution is -2.34. The van der Waals surface area contributed by atoms with Crippen LogP contribution in [-0.4, -0.2) is 35.1 Å². The summed E-state index contributed by atoms with van der Waals surface area (Å²) < 4.78 is 5.99. The van der Waals surface area contributed by atoms with Crippen molar-refractivity contribution in [1.82, 2.24) is 14.9 Å². The molecule has 1 amide bonds. The topological polar surface area (TPSA) is 93.2 Å². The van der Waals surface area contributed by atoms with Gasteiger partial charge in [-0.05, 0) is 42.4 Å². The van der Waals surface area contributed by atoms with E-state index in [0.29, 0.717) is 29.4 Å². The first kappa shape index (κ1) is 19.5. The molecule has 2 aromatic carbocycles. The summed E-state index contributed by atoms with van der Waals surface area (Å²) in [6.07, 6.45) is 0.697. The zero-order valence-electron chi connectivity index (χ0n) is 15.2. The second-order valence-electron chi connectivity index (χ2n) is 6.16. The number of aromatic nitrogens is 2. The predicted molar refractivity (Wildman–Crippen MR) is 108 cm³/mol. The number of methoxy groups -OCH3 is 1. The fourth-order valence-corrected chi connectivity index (χ4v) is 3.09. The van der Waals surface area contributed by atoms with Crippen molar-refractivity contribution < 1.29 is 14.3 Å². The van der Waals surface area contributed by atoms with Crippen molar-refractivity contribution >= 4 is 35.0 Å². The summed E-state index contributed by atoms with van der Waals surface area (Å²) >= 11 is 5.22. The van der Waals surface area contributed by atoms with Crippen LogP contribution in [0.15, 0.2) is 53.3 Å². The third-order valence-electron chi connectivity index (χ3n) is 4.28. The maximum atomic E-state index is 12.7. The molecule has 3 aromatic rings. The molecule has 0 aliphatic rings. The minimum absolute atomic E-state index is 0.109. The van der Waals surface area contributed by atoms with Gasteiger partial charge in [-0.1, -0.05) is 30.3 Å². The minimum Gasteiger partial charge on any atom is -0.465 e. The van der Waals surface area contributed by atoms with Crippen LogP contribution >= 0.6 is 12.2 Å². The van der Waals surface area contributed by atoms with Crippen molar-refractivity contribution in [3.05, 3.63) is 74.8 Å². The molecule has 2 N–H and O–H groups in total. The summed E-state index contributed by atoms with van der Waals surface area (Å²) in [4.78, 5) is 39.5. The van der Waals surface area contributed by atoms with E-state index in [9.17, 15) is 14.4 Å². The summed E-state index contributed by atoms with van der Waals surface area (Å²) in [5.41, 5.74) is 1.44. The summed E-state index contributed by atoms with van der Waals surface area (Å²) in [5.74, 6) is -0.814. The molecule has 28 heavy (non-hydrogen) atoms. The molecule has 1 heterocycles. The van der Waals surface area contributed by atoms with Crippen LogP contribution in [0.4, 0.5) is 0 Å². The second-order valence-corrected chi connectivity index (χ2v) is 6.55. The monoisotopic (exact) mass is 397 g/mol. The molecule has 1 aromatic heterocycles. The Balaban J connectivity index is 1.75. The highest BCUT2D eigenvalue weighted by Gasteiger charge is 2.12. The largest absolute Gasteiger partial charge is 0.465 e. The highest BCUT2D eigenvalue weighted by molar-refractivity contribution is 7.71. The van der Waals surface area contributed by atoms with E-state index in [-0.39, 0.29) is 17.2 Å². The molecule has 0 saturated carbocycles. The number of esters is 1. The molecular weight excluding hydrogens is 378 g/mol. The fourth-order valence-electron chi connectivity index (χ4n) is 2.83. The number of aromatic amines is 1. The van der Waals surface area contributed by atoms with Gasteiger partial charge in [-0.25, -0.2) is 4.79 Å². The van der Waals surface area contributed by atoms with Crippen LogP contribution in [0.25, 0.3) is 10.9 Å². The molecule has 0 spiro atoms. The Bertz CT molecular complexity index is 1140. The molecular formula is C20H19N3O4S. The zero-order chi connectivity index (χ0) is 20.1. The number of carbonyl (C=O) groups is 2. The Morgan fingerprint density at radius 1 is 1.18 bits per heavy atom. The fraction of sp³-hybridized carbons (Fsp3) is 0.200. The highest BCUT2D eigenvalue weighted by Crippen LogP contribution is 2.11. The summed E-state index contributed by atoms with van der Waals surface area (Å²) in [6.45, 7) is 0.280. The lowest BCUT2D eigenvalue weighted by molar-refractivity contribution is -0.121. The van der Waals surface area contributed by atoms with Crippen LogP contribution in [0.3, 0.4) is 0 Å². The van der Waals surface area contributed by atoms with Gasteiger partial charge in [-0.15, -0.1) is 0 Å². The molecule has 0 unspecified atom stereocenters. The lowest BCUT2D eigenvalue weighted by Gasteiger charge is -2.10. The number of carbonyl (C=O) groups excluding carboxylic acids is 2. The highest BCUT2D eigenvalue weighted by atomic mass is 32.1. The van der Waals surface area contributed by atoms with Gasteiger partial charge >= 0.3 is 5.97 Å². The molecule has 0 aliphatic carbocycles. The Morgan fingerprint density at radius 2 is 1.93 bits per heavy atom. The smallest absolute Gasteiger partial charge is 0.337 e. The van der Waals surface area contributed by atoms with Crippen molar-refractivity contribution in [2.75, 3.05) is 13.7 Å². The number of hydrogen-bond donors (Lipinski definition) is 2. The summed E-state index contributed by atoms with van der Waals surface area (Å²) in [6, 6.07) is 14.3. The summed E-state index contributed by atoms with van der Waals surface area (Å²) in [7, 11) is 1.28. The molecule has 0 fully saturated rings. The normalized spacial score (nSPS) is 10.6. The van der Waals surface area contributed by atoms with Crippen LogP contribution in [0.2, 0.25) is 0 Å². The number of H-pyrrole nitrogens is 1. The second kappa shape index (κ2) is 8.62. The van der Waals surface area contributed by atoms with Gasteiger partial charge in [0, 0.05) is 6.54 Å². The maximum Gasteiger partial charge on any atom is 0.337 e. The van der Waals surface area contributed by atoms with Crippen LogP contribution in [0, 0.1) is 4.77 Å². The molecule has 0 saturated heterocycles. The van der Waals surface area contributed by atoms with Crippen LogP contribution in [-0.2, 0) is 22.5 Å². The zero-order valence-corrected chi connectivity index (χ0v) is 16.0. The van der Waals surface area contributed by atoms with Gasteiger partial charge < -0.3 is 15.0 Å². The predicted octanol–water partition coefficient (Wildman–Crippen LogP) is 2.20. The molecule has 0 radical (unpaired) electrons. The molecule has 0 aliphatic heterocycles. The molecule has 144 valence electrons. The molecule has 7 nitrogen and oxygen atoms in total. The van der Waals surface area contributed by atoms with Crippen LogP contribution in [0.1, 0.15) is 15.9 Å². The van der Waals surface area contributed by atoms with E-state index < -0.39 is 11.5 Å². The third-order valence-corrected chi connectivity index (χ3v) is 4.61. The van der Waals surface area contributed by atoms with Crippen LogP contribution in [0.5, 0.6) is 0 Å². The third kappa shape index (κ3) is 4.34. The molecule has 8 heteroatoms. The quantitative estimate of drug-likeness (QED) is 0.491. The maximum absolute atomic E-state index is 12.7. The number of nitrogens with one attached hydrogen (secondary N) is 2.